The lowest BCUT2D eigenvalue weighted by molar-refractivity contribution is -0.126. The Morgan fingerprint density at radius 1 is 1.42 bits per heavy atom. The number of rotatable bonds is 4. The van der Waals surface area contributed by atoms with Crippen molar-refractivity contribution in [1.29, 1.82) is 0 Å². The smallest absolute Gasteiger partial charge is 0.225 e. The first-order valence-corrected chi connectivity index (χ1v) is 6.77. The molecule has 3 heteroatoms. The molecule has 2 rings (SSSR count). The zero-order valence-electron chi connectivity index (χ0n) is 11.1. The van der Waals surface area contributed by atoms with Crippen LogP contribution in [0.1, 0.15) is 18.4 Å². The molecule has 0 bridgehead atoms. The maximum Gasteiger partial charge on any atom is 0.225 e. The molecule has 0 spiro atoms. The molecule has 1 fully saturated rings. The van der Waals surface area contributed by atoms with Gasteiger partial charge in [-0.15, -0.1) is 6.42 Å². The average molecular weight is 256 g/mol. The molecule has 1 aliphatic heterocycles. The summed E-state index contributed by atoms with van der Waals surface area (Å²) in [6, 6.07) is 10.4. The van der Waals surface area contributed by atoms with Gasteiger partial charge in [-0.25, -0.2) is 0 Å². The molecule has 1 aromatic carbocycles. The summed E-state index contributed by atoms with van der Waals surface area (Å²) in [4.78, 5) is 14.3. The van der Waals surface area contributed by atoms with Gasteiger partial charge in [-0.2, -0.15) is 0 Å². The molecule has 1 saturated heterocycles. The lowest BCUT2D eigenvalue weighted by Crippen LogP contribution is -2.42. The van der Waals surface area contributed by atoms with E-state index in [1.807, 2.05) is 6.07 Å². The minimum atomic E-state index is 0.0748. The van der Waals surface area contributed by atoms with Gasteiger partial charge in [-0.05, 0) is 24.9 Å². The monoisotopic (exact) mass is 256 g/mol. The van der Waals surface area contributed by atoms with Gasteiger partial charge in [-0.3, -0.25) is 9.69 Å². The van der Waals surface area contributed by atoms with Crippen molar-refractivity contribution in [3.05, 3.63) is 35.9 Å². The van der Waals surface area contributed by atoms with E-state index < -0.39 is 0 Å². The van der Waals surface area contributed by atoms with E-state index in [4.69, 9.17) is 6.42 Å². The van der Waals surface area contributed by atoms with E-state index in [0.29, 0.717) is 6.54 Å². The Hall–Kier alpha value is -1.79. The van der Waals surface area contributed by atoms with E-state index in [1.165, 1.54) is 5.56 Å². The lowest BCUT2D eigenvalue weighted by Gasteiger charge is -2.31. The predicted molar refractivity (Wildman–Crippen MR) is 76.3 cm³/mol. The summed E-state index contributed by atoms with van der Waals surface area (Å²) in [6.45, 7) is 3.13. The van der Waals surface area contributed by atoms with Crippen molar-refractivity contribution in [2.24, 2.45) is 5.92 Å². The van der Waals surface area contributed by atoms with E-state index in [2.05, 4.69) is 40.4 Å². The van der Waals surface area contributed by atoms with Crippen molar-refractivity contribution in [1.82, 2.24) is 10.2 Å². The van der Waals surface area contributed by atoms with E-state index in [0.717, 1.165) is 32.5 Å². The molecule has 1 unspecified atom stereocenters. The second-order valence-corrected chi connectivity index (χ2v) is 4.98. The first-order chi connectivity index (χ1) is 9.29. The van der Waals surface area contributed by atoms with Gasteiger partial charge in [0.15, 0.2) is 0 Å². The Morgan fingerprint density at radius 3 is 2.95 bits per heavy atom. The number of amides is 1. The second-order valence-electron chi connectivity index (χ2n) is 4.98. The molecule has 1 heterocycles. The minimum Gasteiger partial charge on any atom is -0.345 e. The Bertz CT molecular complexity index is 450. The summed E-state index contributed by atoms with van der Waals surface area (Å²) >= 11 is 0. The van der Waals surface area contributed by atoms with Crippen molar-refractivity contribution in [2.45, 2.75) is 19.4 Å². The van der Waals surface area contributed by atoms with Crippen LogP contribution < -0.4 is 5.32 Å². The predicted octanol–water partition coefficient (Wildman–Crippen LogP) is 1.65. The van der Waals surface area contributed by atoms with Gasteiger partial charge >= 0.3 is 0 Å². The number of piperidine rings is 1. The molecule has 1 aliphatic rings. The number of carbonyl (C=O) groups is 1. The summed E-state index contributed by atoms with van der Waals surface area (Å²) in [7, 11) is 0. The molecule has 100 valence electrons. The van der Waals surface area contributed by atoms with Crippen molar-refractivity contribution in [2.75, 3.05) is 19.6 Å². The van der Waals surface area contributed by atoms with Gasteiger partial charge in [0, 0.05) is 13.1 Å². The average Bonchev–Trinajstić information content (AvgIpc) is 2.46. The molecule has 1 amide bonds. The molecule has 19 heavy (non-hydrogen) atoms. The van der Waals surface area contributed by atoms with Gasteiger partial charge in [-0.1, -0.05) is 36.3 Å². The lowest BCUT2D eigenvalue weighted by atomic mass is 9.96. The Kier molecular flexibility index (Phi) is 5.00. The fraction of sp³-hybridized carbons (Fsp3) is 0.438. The van der Waals surface area contributed by atoms with Crippen LogP contribution in [0.5, 0.6) is 0 Å². The molecule has 0 aliphatic carbocycles. The van der Waals surface area contributed by atoms with Gasteiger partial charge in [0.2, 0.25) is 5.91 Å². The van der Waals surface area contributed by atoms with Crippen LogP contribution in [-0.4, -0.2) is 30.4 Å². The van der Waals surface area contributed by atoms with Crippen molar-refractivity contribution < 1.29 is 4.79 Å². The third kappa shape index (κ3) is 4.11. The van der Waals surface area contributed by atoms with Crippen LogP contribution in [-0.2, 0) is 11.3 Å². The SMILES string of the molecule is C#CCNC(=O)C1CCCN(Cc2ccccc2)C1. The zero-order valence-corrected chi connectivity index (χ0v) is 11.1. The highest BCUT2D eigenvalue weighted by Crippen LogP contribution is 2.18. The molecule has 1 atom stereocenters. The molecular formula is C16H20N2O. The molecule has 0 radical (unpaired) electrons. The number of carbonyl (C=O) groups excluding carboxylic acids is 1. The van der Waals surface area contributed by atoms with Gasteiger partial charge in [0.05, 0.1) is 12.5 Å². The third-order valence-corrected chi connectivity index (χ3v) is 3.49. The Balaban J connectivity index is 1.87. The van der Waals surface area contributed by atoms with Crippen LogP contribution in [0.3, 0.4) is 0 Å². The van der Waals surface area contributed by atoms with E-state index in [-0.39, 0.29) is 11.8 Å². The van der Waals surface area contributed by atoms with Crippen LogP contribution >= 0.6 is 0 Å². The highest BCUT2D eigenvalue weighted by molar-refractivity contribution is 5.79. The quantitative estimate of drug-likeness (QED) is 0.831. The van der Waals surface area contributed by atoms with Crippen molar-refractivity contribution >= 4 is 5.91 Å². The van der Waals surface area contributed by atoms with Gasteiger partial charge in [0.25, 0.3) is 0 Å². The fourth-order valence-electron chi connectivity index (χ4n) is 2.54. The van der Waals surface area contributed by atoms with Crippen molar-refractivity contribution in [3.8, 4) is 12.3 Å². The standard InChI is InChI=1S/C16H20N2O/c1-2-10-17-16(19)15-9-6-11-18(13-15)12-14-7-4-3-5-8-14/h1,3-5,7-8,15H,6,9-13H2,(H,17,19). The van der Waals surface area contributed by atoms with Crippen LogP contribution in [0.25, 0.3) is 0 Å². The van der Waals surface area contributed by atoms with Gasteiger partial charge in [0.1, 0.15) is 0 Å². The number of hydrogen-bond donors (Lipinski definition) is 1. The van der Waals surface area contributed by atoms with E-state index >= 15 is 0 Å². The largest absolute Gasteiger partial charge is 0.345 e. The molecule has 3 nitrogen and oxygen atoms in total. The summed E-state index contributed by atoms with van der Waals surface area (Å²) < 4.78 is 0. The maximum atomic E-state index is 11.9. The fourth-order valence-corrected chi connectivity index (χ4v) is 2.54. The van der Waals surface area contributed by atoms with Crippen molar-refractivity contribution in [3.63, 3.8) is 0 Å². The minimum absolute atomic E-state index is 0.0748. The highest BCUT2D eigenvalue weighted by Gasteiger charge is 2.25. The first-order valence-electron chi connectivity index (χ1n) is 6.77. The number of terminal acetylenes is 1. The normalized spacial score (nSPS) is 19.6. The number of nitrogens with zero attached hydrogens (tertiary/aromatic N) is 1. The first kappa shape index (κ1) is 13.6. The van der Waals surface area contributed by atoms with Crippen LogP contribution in [0.4, 0.5) is 0 Å². The Morgan fingerprint density at radius 2 is 2.21 bits per heavy atom. The summed E-state index contributed by atoms with van der Waals surface area (Å²) in [5, 5.41) is 2.78. The number of nitrogens with one attached hydrogen (secondary N) is 1. The van der Waals surface area contributed by atoms with Crippen LogP contribution in [0.15, 0.2) is 30.3 Å². The second kappa shape index (κ2) is 6.96. The topological polar surface area (TPSA) is 32.3 Å². The zero-order chi connectivity index (χ0) is 13.5. The maximum absolute atomic E-state index is 11.9. The van der Waals surface area contributed by atoms with Crippen LogP contribution in [0, 0.1) is 18.3 Å². The Labute approximate surface area is 115 Å². The van der Waals surface area contributed by atoms with Crippen LogP contribution in [0.2, 0.25) is 0 Å². The van der Waals surface area contributed by atoms with E-state index in [9.17, 15) is 4.79 Å². The molecule has 0 aromatic heterocycles. The third-order valence-electron chi connectivity index (χ3n) is 3.49. The molecule has 1 aromatic rings. The molecule has 0 saturated carbocycles. The number of hydrogen-bond acceptors (Lipinski definition) is 2. The molecular weight excluding hydrogens is 236 g/mol. The summed E-state index contributed by atoms with van der Waals surface area (Å²) in [5.74, 6) is 2.61. The van der Waals surface area contributed by atoms with Gasteiger partial charge < -0.3 is 5.32 Å². The number of likely N-dealkylation sites (tertiary alicyclic amines) is 1. The number of benzene rings is 1. The molecule has 1 N–H and O–H groups in total. The summed E-state index contributed by atoms with van der Waals surface area (Å²) in [5.41, 5.74) is 1.30. The highest BCUT2D eigenvalue weighted by atomic mass is 16.1. The van der Waals surface area contributed by atoms with E-state index in [1.54, 1.807) is 0 Å². The summed E-state index contributed by atoms with van der Waals surface area (Å²) in [6.07, 6.45) is 7.19.